The number of ether oxygens (including phenoxy) is 2. The Hall–Kier alpha value is -5.60. The van der Waals surface area contributed by atoms with E-state index in [1.54, 1.807) is 48.4 Å². The van der Waals surface area contributed by atoms with Crippen molar-refractivity contribution in [1.82, 2.24) is 45.0 Å². The van der Waals surface area contributed by atoms with Gasteiger partial charge in [0.1, 0.15) is 17.7 Å². The van der Waals surface area contributed by atoms with Crippen molar-refractivity contribution in [2.24, 2.45) is 5.92 Å². The first-order chi connectivity index (χ1) is 24.2. The minimum Gasteiger partial charge on any atom is -0.469 e. The van der Waals surface area contributed by atoms with Crippen LogP contribution in [0.25, 0.3) is 33.9 Å². The molecule has 3 N–H and O–H groups in total. The maximum absolute atomic E-state index is 13.1. The summed E-state index contributed by atoms with van der Waals surface area (Å²) in [6.07, 6.45) is 9.59. The van der Waals surface area contributed by atoms with Crippen LogP contribution in [0.3, 0.4) is 0 Å². The molecule has 4 aromatic rings. The molecule has 2 aliphatic rings. The zero-order valence-corrected chi connectivity index (χ0v) is 28.5. The van der Waals surface area contributed by atoms with Crippen LogP contribution in [0, 0.1) is 5.92 Å². The highest BCUT2D eigenvalue weighted by Crippen LogP contribution is 2.34. The predicted molar refractivity (Wildman–Crippen MR) is 181 cm³/mol. The second kappa shape index (κ2) is 14.9. The molecule has 15 heteroatoms. The van der Waals surface area contributed by atoms with Gasteiger partial charge in [-0.1, -0.05) is 31.2 Å². The van der Waals surface area contributed by atoms with Crippen LogP contribution in [0.1, 0.15) is 69.7 Å². The van der Waals surface area contributed by atoms with Gasteiger partial charge in [-0.05, 0) is 38.2 Å². The molecule has 2 saturated heterocycles. The molecule has 2 fully saturated rings. The summed E-state index contributed by atoms with van der Waals surface area (Å²) >= 11 is 0. The number of hydrogen-bond donors (Lipinski definition) is 3. The van der Waals surface area contributed by atoms with E-state index in [-0.39, 0.29) is 30.3 Å². The lowest BCUT2D eigenvalue weighted by molar-refractivity contribution is -0.146. The third-order valence-corrected chi connectivity index (χ3v) is 9.32. The summed E-state index contributed by atoms with van der Waals surface area (Å²) in [5.74, 6) is 0.797. The molecule has 0 saturated carbocycles. The zero-order valence-electron chi connectivity index (χ0n) is 28.5. The van der Waals surface area contributed by atoms with Crippen molar-refractivity contribution in [2.75, 3.05) is 27.3 Å². The van der Waals surface area contributed by atoms with E-state index in [9.17, 15) is 19.2 Å². The molecule has 3 amide bonds. The molecule has 6 rings (SSSR count). The number of rotatable bonds is 10. The number of carbonyl (C=O) groups excluding carboxylic acids is 4. The average molecular weight is 684 g/mol. The number of likely N-dealkylation sites (tertiary alicyclic amines) is 2. The van der Waals surface area contributed by atoms with Gasteiger partial charge in [-0.2, -0.15) is 0 Å². The van der Waals surface area contributed by atoms with E-state index in [0.717, 1.165) is 53.8 Å². The summed E-state index contributed by atoms with van der Waals surface area (Å²) < 4.78 is 9.36. The molecule has 2 aliphatic heterocycles. The number of nitrogens with zero attached hydrogens (tertiary/aromatic N) is 6. The van der Waals surface area contributed by atoms with E-state index in [2.05, 4.69) is 40.0 Å². The van der Waals surface area contributed by atoms with Crippen molar-refractivity contribution in [3.05, 3.63) is 60.7 Å². The predicted octanol–water partition coefficient (Wildman–Crippen LogP) is 4.19. The number of aromatic amines is 2. The lowest BCUT2D eigenvalue weighted by Gasteiger charge is -2.26. The topological polar surface area (TPSA) is 188 Å². The van der Waals surface area contributed by atoms with Crippen LogP contribution in [0.15, 0.2) is 49.1 Å². The van der Waals surface area contributed by atoms with Crippen molar-refractivity contribution in [3.8, 4) is 33.9 Å². The number of alkyl carbamates (subject to hydrolysis) is 1. The van der Waals surface area contributed by atoms with Crippen LogP contribution in [0.4, 0.5) is 4.79 Å². The normalized spacial score (nSPS) is 18.5. The molecule has 262 valence electrons. The summed E-state index contributed by atoms with van der Waals surface area (Å²) in [4.78, 5) is 78.1. The van der Waals surface area contributed by atoms with Crippen LogP contribution >= 0.6 is 0 Å². The number of hydrogen-bond acceptors (Lipinski definition) is 10. The first kappa shape index (κ1) is 34.3. The van der Waals surface area contributed by atoms with Gasteiger partial charge in [0.15, 0.2) is 5.82 Å². The minimum atomic E-state index is -0.714. The van der Waals surface area contributed by atoms with Gasteiger partial charge < -0.3 is 34.6 Å². The van der Waals surface area contributed by atoms with Gasteiger partial charge in [0.2, 0.25) is 11.8 Å². The van der Waals surface area contributed by atoms with Crippen LogP contribution in [0.2, 0.25) is 0 Å². The summed E-state index contributed by atoms with van der Waals surface area (Å²) in [6, 6.07) is 6.69. The number of nitrogens with one attached hydrogen (secondary N) is 3. The van der Waals surface area contributed by atoms with Crippen molar-refractivity contribution in [1.29, 1.82) is 0 Å². The van der Waals surface area contributed by atoms with Crippen LogP contribution in [-0.4, -0.2) is 96.9 Å². The lowest BCUT2D eigenvalue weighted by Crippen LogP contribution is -2.46. The fourth-order valence-corrected chi connectivity index (χ4v) is 6.60. The highest BCUT2D eigenvalue weighted by atomic mass is 16.5. The molecule has 0 bridgehead atoms. The van der Waals surface area contributed by atoms with Gasteiger partial charge >= 0.3 is 12.1 Å². The number of H-pyrrole nitrogens is 2. The van der Waals surface area contributed by atoms with E-state index in [0.29, 0.717) is 30.6 Å². The van der Waals surface area contributed by atoms with Gasteiger partial charge in [0.05, 0.1) is 56.5 Å². The van der Waals surface area contributed by atoms with Gasteiger partial charge in [-0.3, -0.25) is 14.4 Å². The Bertz CT molecular complexity index is 1700. The van der Waals surface area contributed by atoms with Crippen LogP contribution in [0.5, 0.6) is 0 Å². The van der Waals surface area contributed by atoms with E-state index in [1.807, 2.05) is 24.3 Å². The largest absolute Gasteiger partial charge is 0.469 e. The van der Waals surface area contributed by atoms with Gasteiger partial charge in [-0.15, -0.1) is 0 Å². The van der Waals surface area contributed by atoms with Crippen LogP contribution < -0.4 is 5.32 Å². The van der Waals surface area contributed by atoms with E-state index >= 15 is 0 Å². The molecule has 0 unspecified atom stereocenters. The van der Waals surface area contributed by atoms with Gasteiger partial charge in [-0.25, -0.2) is 24.7 Å². The van der Waals surface area contributed by atoms with Crippen molar-refractivity contribution in [3.63, 3.8) is 0 Å². The molecule has 15 nitrogen and oxygen atoms in total. The van der Waals surface area contributed by atoms with Crippen molar-refractivity contribution in [2.45, 2.75) is 64.1 Å². The molecule has 0 spiro atoms. The molecule has 3 aromatic heterocycles. The van der Waals surface area contributed by atoms with Gasteiger partial charge in [0, 0.05) is 42.5 Å². The quantitative estimate of drug-likeness (QED) is 0.205. The van der Waals surface area contributed by atoms with Crippen molar-refractivity contribution >= 4 is 23.9 Å². The summed E-state index contributed by atoms with van der Waals surface area (Å²) in [6.45, 7) is 4.58. The Labute approximate surface area is 289 Å². The summed E-state index contributed by atoms with van der Waals surface area (Å²) in [5, 5.41) is 2.54. The number of benzene rings is 1. The number of imidazole rings is 2. The first-order valence-electron chi connectivity index (χ1n) is 16.7. The Kier molecular flexibility index (Phi) is 10.2. The zero-order chi connectivity index (χ0) is 35.4. The number of carbonyl (C=O) groups is 4. The second-order valence-corrected chi connectivity index (χ2v) is 12.7. The fourth-order valence-electron chi connectivity index (χ4n) is 6.60. The Morgan fingerprint density at radius 3 is 1.86 bits per heavy atom. The highest BCUT2D eigenvalue weighted by Gasteiger charge is 2.36. The standard InChI is InChI=1S/C35H41N9O6/c1-20(15-29(45)49-3)33(46)43-13-5-7-27(43)31-39-19-26(42-31)24-16-36-30(37-17-24)23-11-9-22(10-12-23)25-18-38-32(41-25)28-8-6-14-44(28)34(47)21(2)40-35(48)50-4/h9-12,16-21,27-28H,5-8,13-15H2,1-4H3,(H,38,41)(H,39,42)(H,40,48)/t20-,21+,27+,28+/m1/s1. The Balaban J connectivity index is 1.09. The average Bonchev–Trinajstić information content (AvgIpc) is 3.97. The maximum Gasteiger partial charge on any atom is 0.407 e. The van der Waals surface area contributed by atoms with Crippen molar-refractivity contribution < 1.29 is 28.7 Å². The SMILES string of the molecule is COC(=O)C[C@@H](C)C(=O)N1CCC[C@H]1c1ncc(-c2cnc(-c3ccc(-c4cnc([C@@H]5CCCN5C(=O)[C@H](C)NC(=O)OC)[nH]4)cc3)nc2)[nH]1. The molecule has 50 heavy (non-hydrogen) atoms. The monoisotopic (exact) mass is 683 g/mol. The molecule has 0 aliphatic carbocycles. The summed E-state index contributed by atoms with van der Waals surface area (Å²) in [7, 11) is 2.58. The van der Waals surface area contributed by atoms with E-state index in [4.69, 9.17) is 4.74 Å². The number of esters is 1. The molecule has 4 atom stereocenters. The third-order valence-electron chi connectivity index (χ3n) is 9.32. The smallest absolute Gasteiger partial charge is 0.407 e. The number of amides is 3. The molecular weight excluding hydrogens is 642 g/mol. The highest BCUT2D eigenvalue weighted by molar-refractivity contribution is 5.86. The fraction of sp³-hybridized carbons (Fsp3) is 0.429. The van der Waals surface area contributed by atoms with Gasteiger partial charge in [0.25, 0.3) is 0 Å². The maximum atomic E-state index is 13.1. The third kappa shape index (κ3) is 7.21. The van der Waals surface area contributed by atoms with Crippen LogP contribution in [-0.2, 0) is 23.9 Å². The molecular formula is C35H41N9O6. The first-order valence-corrected chi connectivity index (χ1v) is 16.7. The molecule has 0 radical (unpaired) electrons. The Morgan fingerprint density at radius 2 is 1.30 bits per heavy atom. The van der Waals surface area contributed by atoms with E-state index in [1.165, 1.54) is 14.2 Å². The van der Waals surface area contributed by atoms with E-state index < -0.39 is 24.0 Å². The minimum absolute atomic E-state index is 0.0421. The molecule has 5 heterocycles. The number of aromatic nitrogens is 6. The Morgan fingerprint density at radius 1 is 0.760 bits per heavy atom. The lowest BCUT2D eigenvalue weighted by atomic mass is 10.1. The molecule has 1 aromatic carbocycles. The second-order valence-electron chi connectivity index (χ2n) is 12.7. The number of methoxy groups -OCH3 is 2. The summed E-state index contributed by atoms with van der Waals surface area (Å²) in [5.41, 5.74) is 4.09.